The van der Waals surface area contributed by atoms with Gasteiger partial charge in [-0.05, 0) is 30.9 Å². The number of nitrogens with one attached hydrogen (secondary N) is 1. The first kappa shape index (κ1) is 22.4. The van der Waals surface area contributed by atoms with Crippen molar-refractivity contribution in [3.8, 4) is 0 Å². The molecule has 0 aliphatic carbocycles. The fourth-order valence-corrected chi connectivity index (χ4v) is 3.76. The second kappa shape index (κ2) is 11.2. The Labute approximate surface area is 157 Å². The number of hydrogen-bond donors (Lipinski definition) is 1. The second-order valence-electron chi connectivity index (χ2n) is 6.61. The Kier molecular flexibility index (Phi) is 9.62. The maximum Gasteiger partial charge on any atom is 0.232 e. The largest absolute Gasteiger partial charge is 0.356 e. The monoisotopic (exact) mass is 386 g/mol. The highest BCUT2D eigenvalue weighted by Gasteiger charge is 2.20. The Hall–Kier alpha value is -1.63. The molecule has 1 amide bonds. The van der Waals surface area contributed by atoms with Crippen molar-refractivity contribution in [3.05, 3.63) is 30.1 Å². The van der Waals surface area contributed by atoms with Crippen molar-refractivity contribution in [2.75, 3.05) is 23.7 Å². The summed E-state index contributed by atoms with van der Waals surface area (Å²) >= 11 is 0. The lowest BCUT2D eigenvalue weighted by Crippen LogP contribution is -2.33. The van der Waals surface area contributed by atoms with Gasteiger partial charge in [-0.15, -0.1) is 0 Å². The molecule has 0 fully saturated rings. The van der Waals surface area contributed by atoms with E-state index in [0.29, 0.717) is 18.9 Å². The van der Waals surface area contributed by atoms with Crippen molar-refractivity contribution in [1.29, 1.82) is 0 Å². The molecule has 0 heterocycles. The van der Waals surface area contributed by atoms with Gasteiger partial charge in [-0.25, -0.2) is 12.8 Å². The van der Waals surface area contributed by atoms with Gasteiger partial charge in [0.1, 0.15) is 5.82 Å². The molecule has 1 aromatic carbocycles. The highest BCUT2D eigenvalue weighted by Crippen LogP contribution is 2.21. The van der Waals surface area contributed by atoms with Crippen LogP contribution in [0.3, 0.4) is 0 Å². The number of unbranched alkanes of at least 4 members (excludes halogenated alkanes) is 1. The number of carbonyl (C=O) groups is 1. The van der Waals surface area contributed by atoms with Crippen molar-refractivity contribution in [2.45, 2.75) is 52.4 Å². The Morgan fingerprint density at radius 3 is 2.50 bits per heavy atom. The third-order valence-electron chi connectivity index (χ3n) is 4.42. The van der Waals surface area contributed by atoms with E-state index in [-0.39, 0.29) is 24.6 Å². The summed E-state index contributed by atoms with van der Waals surface area (Å²) in [6.45, 7) is 4.98. The molecule has 5 nitrogen and oxygen atoms in total. The number of carbonyl (C=O) groups excluding carboxylic acids is 1. The molecule has 0 radical (unpaired) electrons. The molecule has 0 unspecified atom stereocenters. The van der Waals surface area contributed by atoms with E-state index in [1.807, 2.05) is 0 Å². The number of benzene rings is 1. The van der Waals surface area contributed by atoms with Crippen molar-refractivity contribution in [2.24, 2.45) is 5.92 Å². The molecule has 1 N–H and O–H groups in total. The van der Waals surface area contributed by atoms with Crippen LogP contribution in [0.15, 0.2) is 24.3 Å². The van der Waals surface area contributed by atoms with Crippen LogP contribution in [0.5, 0.6) is 0 Å². The zero-order valence-electron chi connectivity index (χ0n) is 16.0. The maximum atomic E-state index is 13.9. The molecule has 148 valence electrons. The van der Waals surface area contributed by atoms with E-state index in [9.17, 15) is 17.6 Å². The van der Waals surface area contributed by atoms with E-state index in [0.717, 1.165) is 36.2 Å². The first-order valence-corrected chi connectivity index (χ1v) is 11.1. The maximum absolute atomic E-state index is 13.9. The fourth-order valence-electron chi connectivity index (χ4n) is 2.79. The van der Waals surface area contributed by atoms with E-state index in [4.69, 9.17) is 0 Å². The molecule has 0 spiro atoms. The van der Waals surface area contributed by atoms with E-state index in [1.165, 1.54) is 18.2 Å². The number of rotatable bonds is 12. The molecule has 1 aromatic rings. The fraction of sp³-hybridized carbons (Fsp3) is 0.632. The standard InChI is InChI=1S/C19H31FN2O3S/c1-4-6-10-16(5-2)15-21-19(23)13-9-14-22(26(3,24)25)18-12-8-7-11-17(18)20/h7-8,11-12,16H,4-6,9-10,13-15H2,1-3H3,(H,21,23)/t16-/m0/s1. The smallest absolute Gasteiger partial charge is 0.232 e. The topological polar surface area (TPSA) is 66.5 Å². The number of amides is 1. The summed E-state index contributed by atoms with van der Waals surface area (Å²) in [6, 6.07) is 5.75. The van der Waals surface area contributed by atoms with E-state index >= 15 is 0 Å². The molecule has 0 bridgehead atoms. The molecule has 0 aliphatic heterocycles. The third kappa shape index (κ3) is 7.72. The first-order valence-electron chi connectivity index (χ1n) is 9.28. The average Bonchev–Trinajstić information content (AvgIpc) is 2.59. The SMILES string of the molecule is CCCC[C@H](CC)CNC(=O)CCCN(c1ccccc1F)S(C)(=O)=O. The van der Waals surface area contributed by atoms with Crippen LogP contribution >= 0.6 is 0 Å². The number of hydrogen-bond acceptors (Lipinski definition) is 3. The Morgan fingerprint density at radius 1 is 1.23 bits per heavy atom. The molecule has 0 saturated carbocycles. The summed E-state index contributed by atoms with van der Waals surface area (Å²) in [5, 5.41) is 2.93. The molecule has 1 atom stereocenters. The molecule has 0 aliphatic rings. The lowest BCUT2D eigenvalue weighted by atomic mass is 9.99. The van der Waals surface area contributed by atoms with Crippen LogP contribution in [0.25, 0.3) is 0 Å². The van der Waals surface area contributed by atoms with Crippen LogP contribution in [-0.4, -0.2) is 33.7 Å². The third-order valence-corrected chi connectivity index (χ3v) is 5.60. The molecule has 26 heavy (non-hydrogen) atoms. The summed E-state index contributed by atoms with van der Waals surface area (Å²) in [5.74, 6) is -0.212. The van der Waals surface area contributed by atoms with Gasteiger partial charge >= 0.3 is 0 Å². The summed E-state index contributed by atoms with van der Waals surface area (Å²) in [5.41, 5.74) is 0.0148. The van der Waals surface area contributed by atoms with Crippen LogP contribution in [0.4, 0.5) is 10.1 Å². The number of para-hydroxylation sites is 1. The van der Waals surface area contributed by atoms with E-state index in [1.54, 1.807) is 6.07 Å². The number of halogens is 1. The normalized spacial score (nSPS) is 12.6. The molecular formula is C19H31FN2O3S. The van der Waals surface area contributed by atoms with Crippen LogP contribution in [0.2, 0.25) is 0 Å². The molecule has 7 heteroatoms. The van der Waals surface area contributed by atoms with E-state index in [2.05, 4.69) is 19.2 Å². The number of anilines is 1. The van der Waals surface area contributed by atoms with Gasteiger partial charge in [-0.2, -0.15) is 0 Å². The van der Waals surface area contributed by atoms with Crippen LogP contribution in [0.1, 0.15) is 52.4 Å². The molecule has 0 aromatic heterocycles. The zero-order valence-corrected chi connectivity index (χ0v) is 16.8. The summed E-state index contributed by atoms with van der Waals surface area (Å²) in [4.78, 5) is 12.0. The van der Waals surface area contributed by atoms with Gasteiger partial charge in [0, 0.05) is 19.5 Å². The van der Waals surface area contributed by atoms with Crippen LogP contribution in [0, 0.1) is 11.7 Å². The van der Waals surface area contributed by atoms with Crippen molar-refractivity contribution < 1.29 is 17.6 Å². The van der Waals surface area contributed by atoms with Gasteiger partial charge in [0.25, 0.3) is 0 Å². The predicted octanol–water partition coefficient (Wildman–Crippen LogP) is 3.70. The van der Waals surface area contributed by atoms with Crippen molar-refractivity contribution >= 4 is 21.6 Å². The second-order valence-corrected chi connectivity index (χ2v) is 8.52. The summed E-state index contributed by atoms with van der Waals surface area (Å²) in [7, 11) is -3.62. The number of nitrogens with zero attached hydrogens (tertiary/aromatic N) is 1. The Morgan fingerprint density at radius 2 is 1.92 bits per heavy atom. The average molecular weight is 387 g/mol. The van der Waals surface area contributed by atoms with Gasteiger partial charge in [0.2, 0.25) is 15.9 Å². The Balaban J connectivity index is 2.53. The van der Waals surface area contributed by atoms with E-state index < -0.39 is 15.8 Å². The van der Waals surface area contributed by atoms with Gasteiger partial charge < -0.3 is 5.32 Å². The molecule has 1 rings (SSSR count). The zero-order chi connectivity index (χ0) is 19.6. The van der Waals surface area contributed by atoms with Gasteiger partial charge in [-0.1, -0.05) is 45.2 Å². The minimum absolute atomic E-state index is 0.0148. The Bertz CT molecular complexity index is 665. The molecule has 0 saturated heterocycles. The minimum Gasteiger partial charge on any atom is -0.356 e. The molecular weight excluding hydrogens is 355 g/mol. The highest BCUT2D eigenvalue weighted by atomic mass is 32.2. The summed E-state index contributed by atoms with van der Waals surface area (Å²) in [6.07, 6.45) is 6.00. The summed E-state index contributed by atoms with van der Waals surface area (Å²) < 4.78 is 38.9. The van der Waals surface area contributed by atoms with Gasteiger partial charge in [0.05, 0.1) is 11.9 Å². The minimum atomic E-state index is -3.62. The quantitative estimate of drug-likeness (QED) is 0.595. The van der Waals surface area contributed by atoms with Gasteiger partial charge in [0.15, 0.2) is 0 Å². The van der Waals surface area contributed by atoms with Crippen LogP contribution in [-0.2, 0) is 14.8 Å². The number of sulfonamides is 1. The lowest BCUT2D eigenvalue weighted by molar-refractivity contribution is -0.121. The van der Waals surface area contributed by atoms with Crippen LogP contribution < -0.4 is 9.62 Å². The highest BCUT2D eigenvalue weighted by molar-refractivity contribution is 7.92. The van der Waals surface area contributed by atoms with Gasteiger partial charge in [-0.3, -0.25) is 9.10 Å². The predicted molar refractivity (Wildman–Crippen MR) is 104 cm³/mol. The van der Waals surface area contributed by atoms with Crippen molar-refractivity contribution in [3.63, 3.8) is 0 Å². The lowest BCUT2D eigenvalue weighted by Gasteiger charge is -2.22. The van der Waals surface area contributed by atoms with Crippen molar-refractivity contribution in [1.82, 2.24) is 5.32 Å². The first-order chi connectivity index (χ1) is 12.3.